The van der Waals surface area contributed by atoms with Crippen LogP contribution in [0.25, 0.3) is 0 Å². The highest BCUT2D eigenvalue weighted by Crippen LogP contribution is 2.32. The number of hydrogen-bond donors (Lipinski definition) is 2. The summed E-state index contributed by atoms with van der Waals surface area (Å²) >= 11 is 4.49. The van der Waals surface area contributed by atoms with Gasteiger partial charge in [0, 0.05) is 13.1 Å². The van der Waals surface area contributed by atoms with Crippen LogP contribution in [0.2, 0.25) is 0 Å². The van der Waals surface area contributed by atoms with Gasteiger partial charge in [0.2, 0.25) is 0 Å². The van der Waals surface area contributed by atoms with Crippen LogP contribution in [0.1, 0.15) is 33.1 Å². The first kappa shape index (κ1) is 20.6. The SMILES string of the molecule is C1CCNC1.COc1ccc(N(C)N2C=C2/C=C(\S)CC(C)C)cc1F. The molecular formula is C20H30FN3OS. The number of hydrazine groups is 1. The number of nitrogens with one attached hydrogen (secondary N) is 1. The topological polar surface area (TPSA) is 27.5 Å². The molecule has 0 aromatic heterocycles. The second kappa shape index (κ2) is 9.88. The minimum Gasteiger partial charge on any atom is -0.494 e. The summed E-state index contributed by atoms with van der Waals surface area (Å²) in [6.45, 7) is 6.82. The van der Waals surface area contributed by atoms with Crippen molar-refractivity contribution >= 4 is 18.3 Å². The van der Waals surface area contributed by atoms with Crippen molar-refractivity contribution in [3.63, 3.8) is 0 Å². The molecule has 0 unspecified atom stereocenters. The molecule has 0 aliphatic carbocycles. The Labute approximate surface area is 162 Å². The first-order chi connectivity index (χ1) is 12.4. The first-order valence-electron chi connectivity index (χ1n) is 9.11. The van der Waals surface area contributed by atoms with Crippen molar-refractivity contribution in [2.24, 2.45) is 5.92 Å². The minimum absolute atomic E-state index is 0.251. The fraction of sp³-hybridized carbons (Fsp3) is 0.500. The van der Waals surface area contributed by atoms with Gasteiger partial charge in [0.1, 0.15) is 0 Å². The number of allylic oxidation sites excluding steroid dienone is 2. The van der Waals surface area contributed by atoms with Gasteiger partial charge >= 0.3 is 0 Å². The van der Waals surface area contributed by atoms with Gasteiger partial charge in [-0.2, -0.15) is 0 Å². The Morgan fingerprint density at radius 2 is 2.08 bits per heavy atom. The van der Waals surface area contributed by atoms with E-state index in [0.29, 0.717) is 5.92 Å². The van der Waals surface area contributed by atoms with Gasteiger partial charge in [0.15, 0.2) is 11.6 Å². The number of nitrogens with zero attached hydrogens (tertiary/aromatic N) is 2. The maximum atomic E-state index is 13.7. The van der Waals surface area contributed by atoms with E-state index < -0.39 is 0 Å². The van der Waals surface area contributed by atoms with Crippen molar-refractivity contribution < 1.29 is 9.13 Å². The summed E-state index contributed by atoms with van der Waals surface area (Å²) in [5, 5.41) is 7.06. The molecule has 0 amide bonds. The number of benzene rings is 1. The van der Waals surface area contributed by atoms with E-state index in [4.69, 9.17) is 4.74 Å². The van der Waals surface area contributed by atoms with Crippen LogP contribution in [0.5, 0.6) is 5.75 Å². The molecule has 1 saturated heterocycles. The number of hydrogen-bond acceptors (Lipinski definition) is 5. The van der Waals surface area contributed by atoms with Crippen LogP contribution in [0, 0.1) is 11.7 Å². The molecular weight excluding hydrogens is 349 g/mol. The van der Waals surface area contributed by atoms with Crippen molar-refractivity contribution in [2.45, 2.75) is 33.1 Å². The van der Waals surface area contributed by atoms with Crippen molar-refractivity contribution in [1.29, 1.82) is 0 Å². The van der Waals surface area contributed by atoms with Crippen molar-refractivity contribution in [1.82, 2.24) is 10.3 Å². The lowest BCUT2D eigenvalue weighted by molar-refractivity contribution is 0.386. The summed E-state index contributed by atoms with van der Waals surface area (Å²) in [5.41, 5.74) is 1.83. The van der Waals surface area contributed by atoms with Gasteiger partial charge < -0.3 is 10.1 Å². The molecule has 0 saturated carbocycles. The second-order valence-corrected chi connectivity index (χ2v) is 7.51. The molecule has 144 valence electrons. The molecule has 3 rings (SSSR count). The van der Waals surface area contributed by atoms with E-state index >= 15 is 0 Å². The lowest BCUT2D eigenvalue weighted by Gasteiger charge is -2.22. The lowest BCUT2D eigenvalue weighted by atomic mass is 10.1. The van der Waals surface area contributed by atoms with E-state index in [2.05, 4.69) is 31.8 Å². The van der Waals surface area contributed by atoms with E-state index in [9.17, 15) is 4.39 Å². The van der Waals surface area contributed by atoms with Gasteiger partial charge in [-0.25, -0.2) is 4.39 Å². The number of ether oxygens (including phenoxy) is 1. The molecule has 1 fully saturated rings. The van der Waals surface area contributed by atoms with Crippen LogP contribution in [0.15, 0.2) is 41.1 Å². The predicted molar refractivity (Wildman–Crippen MR) is 110 cm³/mol. The normalized spacial score (nSPS) is 16.2. The molecule has 6 heteroatoms. The largest absolute Gasteiger partial charge is 0.494 e. The van der Waals surface area contributed by atoms with Crippen LogP contribution in [-0.2, 0) is 0 Å². The quantitative estimate of drug-likeness (QED) is 0.708. The van der Waals surface area contributed by atoms with Gasteiger partial charge in [0.05, 0.1) is 24.7 Å². The number of rotatable bonds is 6. The zero-order valence-electron chi connectivity index (χ0n) is 16.1. The molecule has 2 aliphatic heterocycles. The highest BCUT2D eigenvalue weighted by atomic mass is 32.1. The lowest BCUT2D eigenvalue weighted by Crippen LogP contribution is -2.25. The standard InChI is InChI=1S/C16H21FN2OS.C4H9N/c1-11(2)7-14(21)8-13-10-19(13)18(3)12-5-6-16(20-4)15(17)9-12;1-2-4-5-3-1/h5-6,8-11,21H,7H2,1-4H3;5H,1-4H2/b14-8-;. The summed E-state index contributed by atoms with van der Waals surface area (Å²) in [5.74, 6) is 0.464. The summed E-state index contributed by atoms with van der Waals surface area (Å²) in [4.78, 5) is 1.05. The number of halogens is 1. The van der Waals surface area contributed by atoms with Gasteiger partial charge in [-0.05, 0) is 61.4 Å². The van der Waals surface area contributed by atoms with E-state index in [1.54, 1.807) is 6.07 Å². The molecule has 0 atom stereocenters. The van der Waals surface area contributed by atoms with Crippen LogP contribution in [0.3, 0.4) is 0 Å². The molecule has 1 aromatic rings. The average Bonchev–Trinajstić information content (AvgIpc) is 3.09. The third kappa shape index (κ3) is 6.25. The summed E-state index contributed by atoms with van der Waals surface area (Å²) in [6, 6.07) is 4.91. The highest BCUT2D eigenvalue weighted by Gasteiger charge is 2.24. The zero-order chi connectivity index (χ0) is 19.1. The van der Waals surface area contributed by atoms with E-state index in [0.717, 1.165) is 22.7 Å². The van der Waals surface area contributed by atoms with Crippen molar-refractivity contribution in [2.75, 3.05) is 32.3 Å². The van der Waals surface area contributed by atoms with E-state index in [1.165, 1.54) is 39.1 Å². The maximum absolute atomic E-state index is 13.7. The Morgan fingerprint density at radius 1 is 1.38 bits per heavy atom. The molecule has 4 nitrogen and oxygen atoms in total. The molecule has 1 aromatic carbocycles. The number of methoxy groups -OCH3 is 1. The fourth-order valence-corrected chi connectivity index (χ4v) is 3.21. The average molecular weight is 380 g/mol. The minimum atomic E-state index is -0.365. The summed E-state index contributed by atoms with van der Waals surface area (Å²) in [7, 11) is 3.35. The van der Waals surface area contributed by atoms with Gasteiger partial charge in [-0.15, -0.1) is 12.6 Å². The smallest absolute Gasteiger partial charge is 0.167 e. The van der Waals surface area contributed by atoms with Crippen molar-refractivity contribution in [3.8, 4) is 5.75 Å². The fourth-order valence-electron chi connectivity index (χ4n) is 2.71. The van der Waals surface area contributed by atoms with Crippen LogP contribution in [0.4, 0.5) is 10.1 Å². The van der Waals surface area contributed by atoms with Gasteiger partial charge in [0.25, 0.3) is 0 Å². The third-order valence-corrected chi connectivity index (χ3v) is 4.48. The molecule has 1 N–H and O–H groups in total. The molecule has 0 radical (unpaired) electrons. The molecule has 2 heterocycles. The monoisotopic (exact) mass is 379 g/mol. The summed E-state index contributed by atoms with van der Waals surface area (Å²) < 4.78 is 18.7. The Kier molecular flexibility index (Phi) is 7.85. The number of thiol groups is 1. The maximum Gasteiger partial charge on any atom is 0.167 e. The Hall–Kier alpha value is -1.66. The van der Waals surface area contributed by atoms with E-state index in [1.807, 2.05) is 35.4 Å². The Balaban J connectivity index is 0.000000417. The second-order valence-electron chi connectivity index (χ2n) is 6.93. The van der Waals surface area contributed by atoms with Crippen LogP contribution in [-0.4, -0.2) is 32.3 Å². The first-order valence-corrected chi connectivity index (χ1v) is 9.55. The highest BCUT2D eigenvalue weighted by molar-refractivity contribution is 7.84. The zero-order valence-corrected chi connectivity index (χ0v) is 17.0. The third-order valence-electron chi connectivity index (χ3n) is 4.17. The van der Waals surface area contributed by atoms with Gasteiger partial charge in [-0.1, -0.05) is 13.8 Å². The summed E-state index contributed by atoms with van der Waals surface area (Å²) in [6.07, 6.45) is 7.76. The Bertz CT molecular complexity index is 649. The molecule has 26 heavy (non-hydrogen) atoms. The predicted octanol–water partition coefficient (Wildman–Crippen LogP) is 4.57. The number of anilines is 1. The van der Waals surface area contributed by atoms with E-state index in [-0.39, 0.29) is 11.6 Å². The molecule has 0 bridgehead atoms. The van der Waals surface area contributed by atoms with Crippen LogP contribution < -0.4 is 15.1 Å². The van der Waals surface area contributed by atoms with Crippen LogP contribution >= 0.6 is 12.6 Å². The molecule has 0 spiro atoms. The Morgan fingerprint density at radius 3 is 2.58 bits per heavy atom. The van der Waals surface area contributed by atoms with Gasteiger partial charge in [-0.3, -0.25) is 10.0 Å². The molecule has 2 aliphatic rings. The van der Waals surface area contributed by atoms with Crippen molar-refractivity contribution in [3.05, 3.63) is 46.9 Å².